The first-order valence-corrected chi connectivity index (χ1v) is 10.1. The molecule has 30 heavy (non-hydrogen) atoms. The Balaban J connectivity index is 1.30. The number of nitrogens with one attached hydrogen (secondary N) is 1. The highest BCUT2D eigenvalue weighted by Gasteiger charge is 2.16. The Bertz CT molecular complexity index is 1290. The molecule has 0 aliphatic heterocycles. The van der Waals surface area contributed by atoms with Crippen LogP contribution in [0.2, 0.25) is 0 Å². The van der Waals surface area contributed by atoms with Crippen molar-refractivity contribution in [2.75, 3.05) is 5.32 Å². The van der Waals surface area contributed by atoms with Gasteiger partial charge in [-0.3, -0.25) is 4.79 Å². The lowest BCUT2D eigenvalue weighted by molar-refractivity contribution is -0.115. The standard InChI is InChI=1S/C26H20N2O2/c29-26(16-21-17-30-25-15-20-7-4-6-19(20)14-24(21)25)28-23-9-3-5-18(13-23)10-11-22-8-1-2-12-27-22/h1-3,5,8-9,12-15,17H,4,6-7,16H2,(H,28,29). The summed E-state index contributed by atoms with van der Waals surface area (Å²) in [7, 11) is 0. The number of fused-ring (bicyclic) bond motifs is 2. The van der Waals surface area contributed by atoms with Crippen molar-refractivity contribution >= 4 is 22.6 Å². The summed E-state index contributed by atoms with van der Waals surface area (Å²) >= 11 is 0. The molecule has 4 aromatic rings. The Morgan fingerprint density at radius 3 is 2.80 bits per heavy atom. The topological polar surface area (TPSA) is 55.1 Å². The lowest BCUT2D eigenvalue weighted by atomic mass is 10.0. The van der Waals surface area contributed by atoms with E-state index in [4.69, 9.17) is 4.42 Å². The van der Waals surface area contributed by atoms with Gasteiger partial charge >= 0.3 is 0 Å². The van der Waals surface area contributed by atoms with Gasteiger partial charge in [-0.2, -0.15) is 0 Å². The van der Waals surface area contributed by atoms with Crippen LogP contribution in [0.5, 0.6) is 0 Å². The summed E-state index contributed by atoms with van der Waals surface area (Å²) in [4.78, 5) is 16.8. The fraction of sp³-hybridized carbons (Fsp3) is 0.154. The fourth-order valence-electron chi connectivity index (χ4n) is 3.91. The van der Waals surface area contributed by atoms with Crippen molar-refractivity contribution in [3.05, 3.63) is 95.0 Å². The van der Waals surface area contributed by atoms with Crippen molar-refractivity contribution in [2.24, 2.45) is 0 Å². The predicted octanol–water partition coefficient (Wildman–Crippen LogP) is 4.90. The molecule has 0 atom stereocenters. The van der Waals surface area contributed by atoms with Gasteiger partial charge in [0.1, 0.15) is 11.3 Å². The summed E-state index contributed by atoms with van der Waals surface area (Å²) < 4.78 is 5.71. The van der Waals surface area contributed by atoms with E-state index < -0.39 is 0 Å². The summed E-state index contributed by atoms with van der Waals surface area (Å²) in [6, 6.07) is 17.5. The van der Waals surface area contributed by atoms with Gasteiger partial charge in [-0.1, -0.05) is 18.1 Å². The van der Waals surface area contributed by atoms with Crippen LogP contribution >= 0.6 is 0 Å². The number of hydrogen-bond donors (Lipinski definition) is 1. The molecule has 1 aliphatic rings. The average Bonchev–Trinajstić information content (AvgIpc) is 3.38. The summed E-state index contributed by atoms with van der Waals surface area (Å²) in [6.07, 6.45) is 7.10. The summed E-state index contributed by atoms with van der Waals surface area (Å²) in [6.45, 7) is 0. The number of aromatic nitrogens is 1. The zero-order valence-corrected chi connectivity index (χ0v) is 16.4. The average molecular weight is 392 g/mol. The van der Waals surface area contributed by atoms with Crippen molar-refractivity contribution in [1.82, 2.24) is 4.98 Å². The number of pyridine rings is 1. The molecule has 1 N–H and O–H groups in total. The van der Waals surface area contributed by atoms with Crippen LogP contribution in [0.15, 0.2) is 71.5 Å². The third-order valence-corrected chi connectivity index (χ3v) is 5.37. The van der Waals surface area contributed by atoms with E-state index in [0.717, 1.165) is 40.6 Å². The van der Waals surface area contributed by atoms with Gasteiger partial charge < -0.3 is 9.73 Å². The summed E-state index contributed by atoms with van der Waals surface area (Å²) in [5, 5.41) is 4.01. The van der Waals surface area contributed by atoms with Crippen LogP contribution in [-0.4, -0.2) is 10.9 Å². The second-order valence-electron chi connectivity index (χ2n) is 7.50. The molecular formula is C26H20N2O2. The lowest BCUT2D eigenvalue weighted by Crippen LogP contribution is -2.14. The Hall–Kier alpha value is -3.84. The van der Waals surface area contributed by atoms with Crippen molar-refractivity contribution < 1.29 is 9.21 Å². The van der Waals surface area contributed by atoms with Gasteiger partial charge in [0.15, 0.2) is 0 Å². The van der Waals surface area contributed by atoms with Crippen molar-refractivity contribution in [1.29, 1.82) is 0 Å². The number of benzene rings is 2. The molecule has 0 saturated carbocycles. The monoisotopic (exact) mass is 392 g/mol. The molecule has 4 nitrogen and oxygen atoms in total. The molecule has 0 radical (unpaired) electrons. The lowest BCUT2D eigenvalue weighted by Gasteiger charge is -2.05. The minimum atomic E-state index is -0.0759. The van der Waals surface area contributed by atoms with E-state index in [9.17, 15) is 4.79 Å². The van der Waals surface area contributed by atoms with E-state index in [1.54, 1.807) is 12.5 Å². The molecule has 0 bridgehead atoms. The molecule has 2 heterocycles. The molecular weight excluding hydrogens is 372 g/mol. The van der Waals surface area contributed by atoms with Crippen LogP contribution in [0.3, 0.4) is 0 Å². The molecule has 2 aromatic heterocycles. The van der Waals surface area contributed by atoms with Crippen LogP contribution in [0.1, 0.15) is 34.4 Å². The minimum absolute atomic E-state index is 0.0759. The van der Waals surface area contributed by atoms with Gasteiger partial charge in [-0.15, -0.1) is 0 Å². The molecule has 5 rings (SSSR count). The van der Waals surface area contributed by atoms with Gasteiger partial charge in [0.2, 0.25) is 5.91 Å². The Labute approximate surface area is 175 Å². The molecule has 146 valence electrons. The predicted molar refractivity (Wildman–Crippen MR) is 117 cm³/mol. The van der Waals surface area contributed by atoms with E-state index in [0.29, 0.717) is 5.69 Å². The maximum Gasteiger partial charge on any atom is 0.228 e. The molecule has 0 unspecified atom stereocenters. The number of hydrogen-bond acceptors (Lipinski definition) is 3. The second-order valence-corrected chi connectivity index (χ2v) is 7.50. The highest BCUT2D eigenvalue weighted by Crippen LogP contribution is 2.30. The Kier molecular flexibility index (Phi) is 4.78. The molecule has 0 fully saturated rings. The zero-order valence-electron chi connectivity index (χ0n) is 16.4. The van der Waals surface area contributed by atoms with Gasteiger partial charge in [0, 0.05) is 28.4 Å². The fourth-order valence-corrected chi connectivity index (χ4v) is 3.91. The first kappa shape index (κ1) is 18.2. The Morgan fingerprint density at radius 1 is 1.03 bits per heavy atom. The molecule has 4 heteroatoms. The van der Waals surface area contributed by atoms with Crippen LogP contribution in [0.4, 0.5) is 5.69 Å². The normalized spacial score (nSPS) is 12.3. The third-order valence-electron chi connectivity index (χ3n) is 5.37. The quantitative estimate of drug-likeness (QED) is 0.505. The number of anilines is 1. The number of rotatable bonds is 3. The molecule has 1 aliphatic carbocycles. The van der Waals surface area contributed by atoms with E-state index in [1.165, 1.54) is 17.5 Å². The van der Waals surface area contributed by atoms with Crippen molar-refractivity contribution in [3.8, 4) is 11.8 Å². The van der Waals surface area contributed by atoms with E-state index in [1.807, 2.05) is 42.5 Å². The third kappa shape index (κ3) is 3.83. The summed E-state index contributed by atoms with van der Waals surface area (Å²) in [5.74, 6) is 6.05. The maximum absolute atomic E-state index is 12.6. The number of carbonyl (C=O) groups is 1. The Morgan fingerprint density at radius 2 is 1.93 bits per heavy atom. The van der Waals surface area contributed by atoms with Gasteiger partial charge in [-0.25, -0.2) is 4.98 Å². The van der Waals surface area contributed by atoms with Crippen LogP contribution in [0.25, 0.3) is 11.0 Å². The molecule has 1 amide bonds. The van der Waals surface area contributed by atoms with Crippen LogP contribution in [-0.2, 0) is 24.1 Å². The first-order valence-electron chi connectivity index (χ1n) is 10.1. The number of carbonyl (C=O) groups excluding carboxylic acids is 1. The van der Waals surface area contributed by atoms with Crippen molar-refractivity contribution in [3.63, 3.8) is 0 Å². The highest BCUT2D eigenvalue weighted by atomic mass is 16.3. The van der Waals surface area contributed by atoms with Gasteiger partial charge in [0.05, 0.1) is 12.7 Å². The highest BCUT2D eigenvalue weighted by molar-refractivity contribution is 5.95. The van der Waals surface area contributed by atoms with Gasteiger partial charge in [0.25, 0.3) is 0 Å². The number of furan rings is 1. The minimum Gasteiger partial charge on any atom is -0.464 e. The summed E-state index contributed by atoms with van der Waals surface area (Å²) in [5.41, 5.74) is 6.80. The SMILES string of the molecule is O=C(Cc1coc2cc3c(cc12)CCC3)Nc1cccc(C#Cc2ccccn2)c1. The largest absolute Gasteiger partial charge is 0.464 e. The van der Waals surface area contributed by atoms with E-state index in [-0.39, 0.29) is 12.3 Å². The smallest absolute Gasteiger partial charge is 0.228 e. The van der Waals surface area contributed by atoms with Crippen LogP contribution < -0.4 is 5.32 Å². The zero-order chi connectivity index (χ0) is 20.3. The first-order chi connectivity index (χ1) is 14.7. The molecule has 2 aromatic carbocycles. The van der Waals surface area contributed by atoms with Crippen molar-refractivity contribution in [2.45, 2.75) is 25.7 Å². The molecule has 0 spiro atoms. The van der Waals surface area contributed by atoms with Crippen LogP contribution in [0, 0.1) is 11.8 Å². The number of amides is 1. The maximum atomic E-state index is 12.6. The number of aryl methyl sites for hydroxylation is 2. The van der Waals surface area contributed by atoms with E-state index >= 15 is 0 Å². The molecule has 0 saturated heterocycles. The second kappa shape index (κ2) is 7.88. The van der Waals surface area contributed by atoms with E-state index in [2.05, 4.69) is 34.3 Å². The van der Waals surface area contributed by atoms with Gasteiger partial charge in [-0.05, 0) is 78.8 Å². The number of nitrogens with zero attached hydrogens (tertiary/aromatic N) is 1.